The van der Waals surface area contributed by atoms with E-state index >= 15 is 0 Å². The number of aliphatic imine (C=N–C) groups is 1. The first kappa shape index (κ1) is 29.3. The van der Waals surface area contributed by atoms with Crippen LogP contribution in [-0.4, -0.2) is 5.17 Å². The minimum absolute atomic E-state index is 0. The Morgan fingerprint density at radius 1 is 0.571 bits per heavy atom. The fraction of sp³-hybridized carbons (Fsp3) is 0.139. The predicted molar refractivity (Wildman–Crippen MR) is 175 cm³/mol. The van der Waals surface area contributed by atoms with Crippen LogP contribution in [0.4, 0.5) is 0 Å². The van der Waals surface area contributed by atoms with Crippen LogP contribution in [0.3, 0.4) is 0 Å². The van der Waals surface area contributed by atoms with Crippen LogP contribution >= 0.6 is 24.2 Å². The molecule has 6 rings (SSSR count). The maximum Gasteiger partial charge on any atom is 0.162 e. The van der Waals surface area contributed by atoms with Crippen molar-refractivity contribution < 1.29 is 9.47 Å². The highest BCUT2D eigenvalue weighted by Gasteiger charge is 2.31. The minimum Gasteiger partial charge on any atom is -0.485 e. The molecule has 0 amide bonds. The maximum atomic E-state index is 6.29. The molecule has 0 aliphatic carbocycles. The summed E-state index contributed by atoms with van der Waals surface area (Å²) < 4.78 is 12.5. The van der Waals surface area contributed by atoms with E-state index in [0.717, 1.165) is 39.1 Å². The number of ether oxygens (including phenoxy) is 2. The highest BCUT2D eigenvalue weighted by atomic mass is 35.5. The van der Waals surface area contributed by atoms with Gasteiger partial charge >= 0.3 is 0 Å². The standard InChI is InChI=1S/C36H32N2O2S.ClH/c1-5-13-27(14-6-1)24-39-32-22-21-29(23-33(32)40-25-28-15-7-2-8-16-28)26-41-36-37-34(30-17-9-3-10-18-30)35(38-36)31-19-11-4-12-20-31;/h1-23,34-35H,24-26H2,(H,37,38);1H. The van der Waals surface area contributed by atoms with E-state index in [4.69, 9.17) is 14.5 Å². The van der Waals surface area contributed by atoms with Gasteiger partial charge in [-0.2, -0.15) is 0 Å². The van der Waals surface area contributed by atoms with E-state index in [1.807, 2.05) is 48.5 Å². The van der Waals surface area contributed by atoms with Crippen molar-refractivity contribution in [2.75, 3.05) is 0 Å². The van der Waals surface area contributed by atoms with Crippen molar-refractivity contribution in [3.8, 4) is 11.5 Å². The van der Waals surface area contributed by atoms with Gasteiger partial charge in [0, 0.05) is 5.75 Å². The van der Waals surface area contributed by atoms with Crippen LogP contribution in [0.1, 0.15) is 39.9 Å². The normalized spacial score (nSPS) is 15.7. The molecule has 5 aromatic carbocycles. The third-order valence-electron chi connectivity index (χ3n) is 7.01. The summed E-state index contributed by atoms with van der Waals surface area (Å²) >= 11 is 1.72. The molecule has 0 radical (unpaired) electrons. The van der Waals surface area contributed by atoms with Crippen LogP contribution in [0.15, 0.2) is 145 Å². The summed E-state index contributed by atoms with van der Waals surface area (Å²) in [5.41, 5.74) is 5.82. The van der Waals surface area contributed by atoms with Crippen LogP contribution in [0.2, 0.25) is 0 Å². The largest absolute Gasteiger partial charge is 0.485 e. The van der Waals surface area contributed by atoms with Gasteiger partial charge in [0.05, 0.1) is 6.04 Å². The van der Waals surface area contributed by atoms with E-state index in [9.17, 15) is 0 Å². The molecule has 1 heterocycles. The predicted octanol–water partition coefficient (Wildman–Crippen LogP) is 8.94. The van der Waals surface area contributed by atoms with Gasteiger partial charge < -0.3 is 14.8 Å². The summed E-state index contributed by atoms with van der Waals surface area (Å²) in [7, 11) is 0. The lowest BCUT2D eigenvalue weighted by atomic mass is 9.95. The number of thioether (sulfide) groups is 1. The van der Waals surface area contributed by atoms with E-state index in [0.29, 0.717) is 13.2 Å². The zero-order valence-electron chi connectivity index (χ0n) is 23.1. The van der Waals surface area contributed by atoms with Crippen molar-refractivity contribution >= 4 is 29.3 Å². The highest BCUT2D eigenvalue weighted by Crippen LogP contribution is 2.38. The Morgan fingerprint density at radius 2 is 1.10 bits per heavy atom. The SMILES string of the molecule is Cl.c1ccc(COc2ccc(CSC3=NC(c4ccccc4)C(c4ccccc4)N3)cc2OCc2ccccc2)cc1. The zero-order chi connectivity index (χ0) is 27.7. The van der Waals surface area contributed by atoms with Crippen LogP contribution in [-0.2, 0) is 19.0 Å². The van der Waals surface area contributed by atoms with E-state index < -0.39 is 0 Å². The molecule has 0 spiro atoms. The Bertz CT molecular complexity index is 1570. The van der Waals surface area contributed by atoms with Crippen molar-refractivity contribution in [1.29, 1.82) is 0 Å². The van der Waals surface area contributed by atoms with Crippen molar-refractivity contribution in [3.63, 3.8) is 0 Å². The first-order chi connectivity index (χ1) is 20.3. The first-order valence-corrected chi connectivity index (χ1v) is 14.8. The van der Waals surface area contributed by atoms with Gasteiger partial charge in [-0.1, -0.05) is 139 Å². The second-order valence-electron chi connectivity index (χ2n) is 9.94. The number of nitrogens with zero attached hydrogens (tertiary/aromatic N) is 1. The molecule has 0 bridgehead atoms. The maximum absolute atomic E-state index is 6.29. The summed E-state index contributed by atoms with van der Waals surface area (Å²) in [4.78, 5) is 5.12. The molecule has 5 aromatic rings. The van der Waals surface area contributed by atoms with E-state index in [-0.39, 0.29) is 24.5 Å². The minimum atomic E-state index is 0. The smallest absolute Gasteiger partial charge is 0.162 e. The van der Waals surface area contributed by atoms with Gasteiger partial charge in [0.1, 0.15) is 19.3 Å². The Kier molecular flexibility index (Phi) is 10.2. The monoisotopic (exact) mass is 592 g/mol. The van der Waals surface area contributed by atoms with Gasteiger partial charge in [-0.05, 0) is 39.9 Å². The number of rotatable bonds is 10. The van der Waals surface area contributed by atoms with E-state index in [2.05, 4.69) is 96.3 Å². The Labute approximate surface area is 258 Å². The van der Waals surface area contributed by atoms with E-state index in [1.54, 1.807) is 11.8 Å². The third kappa shape index (κ3) is 7.55. The lowest BCUT2D eigenvalue weighted by molar-refractivity contribution is 0.256. The Morgan fingerprint density at radius 3 is 1.69 bits per heavy atom. The Balaban J connectivity index is 0.00000353. The average molecular weight is 593 g/mol. The number of hydrogen-bond acceptors (Lipinski definition) is 5. The molecule has 2 unspecified atom stereocenters. The second-order valence-corrected chi connectivity index (χ2v) is 10.9. The third-order valence-corrected chi connectivity index (χ3v) is 7.98. The zero-order valence-corrected chi connectivity index (χ0v) is 24.8. The molecule has 42 heavy (non-hydrogen) atoms. The van der Waals surface area contributed by atoms with Gasteiger partial charge in [0.15, 0.2) is 16.7 Å². The Hall–Kier alpha value is -4.19. The first-order valence-electron chi connectivity index (χ1n) is 13.9. The molecule has 1 aliphatic heterocycles. The molecule has 1 aliphatic rings. The van der Waals surface area contributed by atoms with Gasteiger partial charge in [-0.15, -0.1) is 12.4 Å². The molecular formula is C36H33ClN2O2S. The van der Waals surface area contributed by atoms with Crippen molar-refractivity contribution in [2.24, 2.45) is 4.99 Å². The van der Waals surface area contributed by atoms with Crippen LogP contribution in [0, 0.1) is 0 Å². The molecule has 212 valence electrons. The van der Waals surface area contributed by atoms with Gasteiger partial charge in [0.2, 0.25) is 0 Å². The van der Waals surface area contributed by atoms with Crippen LogP contribution in [0.25, 0.3) is 0 Å². The lowest BCUT2D eigenvalue weighted by Crippen LogP contribution is -2.22. The molecule has 0 aromatic heterocycles. The summed E-state index contributed by atoms with van der Waals surface area (Å²) in [5, 5.41) is 4.64. The molecule has 0 saturated carbocycles. The average Bonchev–Trinajstić information content (AvgIpc) is 3.48. The van der Waals surface area contributed by atoms with E-state index in [1.165, 1.54) is 11.1 Å². The fourth-order valence-corrected chi connectivity index (χ4v) is 5.75. The summed E-state index contributed by atoms with van der Waals surface area (Å²) in [5.74, 6) is 2.24. The lowest BCUT2D eigenvalue weighted by Gasteiger charge is -2.19. The molecule has 1 N–H and O–H groups in total. The van der Waals surface area contributed by atoms with Crippen molar-refractivity contribution in [2.45, 2.75) is 31.1 Å². The summed E-state index contributed by atoms with van der Waals surface area (Å²) in [6, 6.07) is 47.8. The highest BCUT2D eigenvalue weighted by molar-refractivity contribution is 8.13. The number of amidine groups is 1. The van der Waals surface area contributed by atoms with Gasteiger partial charge in [-0.3, -0.25) is 4.99 Å². The second kappa shape index (κ2) is 14.6. The summed E-state index contributed by atoms with van der Waals surface area (Å²) in [6.07, 6.45) is 0. The van der Waals surface area contributed by atoms with Crippen molar-refractivity contribution in [1.82, 2.24) is 5.32 Å². The summed E-state index contributed by atoms with van der Waals surface area (Å²) in [6.45, 7) is 0.962. The van der Waals surface area contributed by atoms with Gasteiger partial charge in [-0.25, -0.2) is 0 Å². The van der Waals surface area contributed by atoms with Crippen LogP contribution in [0.5, 0.6) is 11.5 Å². The van der Waals surface area contributed by atoms with Crippen LogP contribution < -0.4 is 14.8 Å². The topological polar surface area (TPSA) is 42.8 Å². The number of nitrogens with one attached hydrogen (secondary N) is 1. The molecular weight excluding hydrogens is 560 g/mol. The van der Waals surface area contributed by atoms with Crippen molar-refractivity contribution in [3.05, 3.63) is 167 Å². The fourth-order valence-electron chi connectivity index (χ4n) is 4.87. The quantitative estimate of drug-likeness (QED) is 0.176. The van der Waals surface area contributed by atoms with Gasteiger partial charge in [0.25, 0.3) is 0 Å². The number of benzene rings is 5. The molecule has 0 saturated heterocycles. The molecule has 4 nitrogen and oxygen atoms in total. The molecule has 2 atom stereocenters. The number of halogens is 1. The molecule has 0 fully saturated rings. The number of hydrogen-bond donors (Lipinski definition) is 1. The molecule has 6 heteroatoms.